The highest BCUT2D eigenvalue weighted by atomic mass is 35.5. The van der Waals surface area contributed by atoms with E-state index < -0.39 is 24.4 Å². The molecule has 1 N–H and O–H groups in total. The van der Waals surface area contributed by atoms with Crippen LogP contribution in [-0.4, -0.2) is 47.8 Å². The highest BCUT2D eigenvalue weighted by Gasteiger charge is 2.34. The molecule has 0 spiro atoms. The second kappa shape index (κ2) is 6.09. The highest BCUT2D eigenvalue weighted by molar-refractivity contribution is 6.42. The van der Waals surface area contributed by atoms with Gasteiger partial charge in [0.05, 0.1) is 15.7 Å². The molecule has 21 heavy (non-hydrogen) atoms. The molecule has 0 aromatic heterocycles. The summed E-state index contributed by atoms with van der Waals surface area (Å²) in [6.07, 6.45) is 0. The van der Waals surface area contributed by atoms with E-state index in [0.717, 1.165) is 4.90 Å². The largest absolute Gasteiger partial charge is 0.327 e. The summed E-state index contributed by atoms with van der Waals surface area (Å²) in [7, 11) is 1.48. The molecule has 1 aromatic rings. The first-order chi connectivity index (χ1) is 9.79. The van der Waals surface area contributed by atoms with Crippen LogP contribution in [0.3, 0.4) is 0 Å². The third-order valence-corrected chi connectivity index (χ3v) is 3.62. The molecule has 0 unspecified atom stereocenters. The van der Waals surface area contributed by atoms with E-state index in [4.69, 9.17) is 34.8 Å². The average molecular weight is 351 g/mol. The number of nitrogens with one attached hydrogen (secondary N) is 1. The van der Waals surface area contributed by atoms with Crippen LogP contribution >= 0.6 is 34.8 Å². The minimum absolute atomic E-state index is 0.0471. The van der Waals surface area contributed by atoms with Gasteiger partial charge in [-0.15, -0.1) is 0 Å². The topological polar surface area (TPSA) is 69.7 Å². The second-order valence-corrected chi connectivity index (χ2v) is 5.66. The Bertz CT molecular complexity index is 612. The summed E-state index contributed by atoms with van der Waals surface area (Å²) in [5, 5.41) is 3.12. The van der Waals surface area contributed by atoms with Gasteiger partial charge in [0.1, 0.15) is 13.1 Å². The van der Waals surface area contributed by atoms with E-state index in [1.165, 1.54) is 24.1 Å². The number of urea groups is 1. The van der Waals surface area contributed by atoms with Gasteiger partial charge in [-0.3, -0.25) is 14.5 Å². The molecule has 112 valence electrons. The van der Waals surface area contributed by atoms with Crippen molar-refractivity contribution in [3.05, 3.63) is 27.2 Å². The van der Waals surface area contributed by atoms with Gasteiger partial charge in [0.2, 0.25) is 5.91 Å². The van der Waals surface area contributed by atoms with E-state index in [1.54, 1.807) is 0 Å². The summed E-state index contributed by atoms with van der Waals surface area (Å²) in [4.78, 5) is 37.2. The molecule has 2 rings (SSSR count). The van der Waals surface area contributed by atoms with E-state index in [1.807, 2.05) is 0 Å². The Balaban J connectivity index is 2.10. The average Bonchev–Trinajstić information content (AvgIpc) is 2.60. The number of anilines is 1. The molecule has 0 radical (unpaired) electrons. The number of halogens is 3. The summed E-state index contributed by atoms with van der Waals surface area (Å²) in [5.41, 5.74) is 0.181. The summed E-state index contributed by atoms with van der Waals surface area (Å²) < 4.78 is 0. The minimum Gasteiger partial charge on any atom is -0.322 e. The lowest BCUT2D eigenvalue weighted by atomic mass is 10.3. The standard InChI is InChI=1S/C12H10Cl3N3O3/c1-17-5-10(20)18(12(17)21)4-9(19)16-11-7(14)2-6(13)3-8(11)15/h2-3H,4-5H2,1H3,(H,16,19). The van der Waals surface area contributed by atoms with Crippen LogP contribution in [-0.2, 0) is 9.59 Å². The SMILES string of the molecule is CN1CC(=O)N(CC(=O)Nc2c(Cl)cc(Cl)cc2Cl)C1=O. The molecule has 1 heterocycles. The third kappa shape index (κ3) is 3.40. The number of benzene rings is 1. The number of hydrogen-bond donors (Lipinski definition) is 1. The molecule has 6 nitrogen and oxygen atoms in total. The molecule has 1 aromatic carbocycles. The molecule has 1 aliphatic heterocycles. The van der Waals surface area contributed by atoms with E-state index in [2.05, 4.69) is 5.32 Å². The van der Waals surface area contributed by atoms with Crippen molar-refractivity contribution in [1.29, 1.82) is 0 Å². The predicted octanol–water partition coefficient (Wildman–Crippen LogP) is 2.48. The van der Waals surface area contributed by atoms with E-state index >= 15 is 0 Å². The molecule has 0 atom stereocenters. The second-order valence-electron chi connectivity index (χ2n) is 4.41. The monoisotopic (exact) mass is 349 g/mol. The number of likely N-dealkylation sites (N-methyl/N-ethyl adjacent to an activating group) is 1. The normalized spacial score (nSPS) is 14.9. The molecular weight excluding hydrogens is 341 g/mol. The lowest BCUT2D eigenvalue weighted by molar-refractivity contribution is -0.129. The Morgan fingerprint density at radius 2 is 1.81 bits per heavy atom. The van der Waals surface area contributed by atoms with Crippen molar-refractivity contribution >= 4 is 58.3 Å². The van der Waals surface area contributed by atoms with Crippen molar-refractivity contribution in [2.75, 3.05) is 25.5 Å². The number of imide groups is 1. The van der Waals surface area contributed by atoms with Gasteiger partial charge in [-0.1, -0.05) is 34.8 Å². The molecular formula is C12H10Cl3N3O3. The molecule has 1 saturated heterocycles. The van der Waals surface area contributed by atoms with Crippen LogP contribution in [0.15, 0.2) is 12.1 Å². The maximum atomic E-state index is 11.9. The fraction of sp³-hybridized carbons (Fsp3) is 0.250. The molecule has 0 saturated carbocycles. The van der Waals surface area contributed by atoms with Gasteiger partial charge in [0.15, 0.2) is 0 Å². The third-order valence-electron chi connectivity index (χ3n) is 2.80. The number of rotatable bonds is 3. The first-order valence-electron chi connectivity index (χ1n) is 5.79. The summed E-state index contributed by atoms with van der Waals surface area (Å²) in [6.45, 7) is -0.453. The van der Waals surface area contributed by atoms with Crippen LogP contribution in [0.2, 0.25) is 15.1 Å². The highest BCUT2D eigenvalue weighted by Crippen LogP contribution is 2.33. The Kier molecular flexibility index (Phi) is 4.61. The molecule has 0 bridgehead atoms. The fourth-order valence-corrected chi connectivity index (χ4v) is 2.72. The Morgan fingerprint density at radius 3 is 2.29 bits per heavy atom. The number of amides is 4. The van der Waals surface area contributed by atoms with Gasteiger partial charge in [-0.2, -0.15) is 0 Å². The van der Waals surface area contributed by atoms with Gasteiger partial charge in [-0.25, -0.2) is 4.79 Å². The Labute approximate surface area is 135 Å². The molecule has 1 aliphatic rings. The van der Waals surface area contributed by atoms with Crippen molar-refractivity contribution in [1.82, 2.24) is 9.80 Å². The maximum absolute atomic E-state index is 11.9. The fourth-order valence-electron chi connectivity index (χ4n) is 1.81. The van der Waals surface area contributed by atoms with Crippen LogP contribution in [0.5, 0.6) is 0 Å². The zero-order valence-electron chi connectivity index (χ0n) is 10.8. The van der Waals surface area contributed by atoms with E-state index in [0.29, 0.717) is 5.02 Å². The van der Waals surface area contributed by atoms with Gasteiger partial charge < -0.3 is 10.2 Å². The smallest absolute Gasteiger partial charge is 0.322 e. The van der Waals surface area contributed by atoms with Crippen LogP contribution < -0.4 is 5.32 Å². The lowest BCUT2D eigenvalue weighted by Crippen LogP contribution is -2.38. The summed E-state index contributed by atoms with van der Waals surface area (Å²) in [5.74, 6) is -1.02. The first kappa shape index (κ1) is 15.9. The van der Waals surface area contributed by atoms with E-state index in [9.17, 15) is 14.4 Å². The predicted molar refractivity (Wildman–Crippen MR) is 79.8 cm³/mol. The van der Waals surface area contributed by atoms with Crippen molar-refractivity contribution in [2.45, 2.75) is 0 Å². The molecule has 1 fully saturated rings. The van der Waals surface area contributed by atoms with Crippen LogP contribution in [0.1, 0.15) is 0 Å². The van der Waals surface area contributed by atoms with Crippen LogP contribution in [0.25, 0.3) is 0 Å². The number of carbonyl (C=O) groups excluding carboxylic acids is 3. The van der Waals surface area contributed by atoms with Gasteiger partial charge >= 0.3 is 6.03 Å². The first-order valence-corrected chi connectivity index (χ1v) is 6.93. The number of carbonyl (C=O) groups is 3. The van der Waals surface area contributed by atoms with Gasteiger partial charge in [-0.05, 0) is 12.1 Å². The Morgan fingerprint density at radius 1 is 1.24 bits per heavy atom. The van der Waals surface area contributed by atoms with Crippen LogP contribution in [0.4, 0.5) is 10.5 Å². The molecule has 9 heteroatoms. The number of nitrogens with zero attached hydrogens (tertiary/aromatic N) is 2. The van der Waals surface area contributed by atoms with Gasteiger partial charge in [0, 0.05) is 12.1 Å². The van der Waals surface area contributed by atoms with Crippen molar-refractivity contribution in [3.63, 3.8) is 0 Å². The zero-order chi connectivity index (χ0) is 15.7. The van der Waals surface area contributed by atoms with Crippen LogP contribution in [0, 0.1) is 0 Å². The number of hydrogen-bond acceptors (Lipinski definition) is 3. The molecule has 0 aliphatic carbocycles. The van der Waals surface area contributed by atoms with E-state index in [-0.39, 0.29) is 22.3 Å². The zero-order valence-corrected chi connectivity index (χ0v) is 13.1. The molecule has 4 amide bonds. The maximum Gasteiger partial charge on any atom is 0.327 e. The van der Waals surface area contributed by atoms with Crippen molar-refractivity contribution in [3.8, 4) is 0 Å². The Hall–Kier alpha value is -1.50. The lowest BCUT2D eigenvalue weighted by Gasteiger charge is -2.15. The summed E-state index contributed by atoms with van der Waals surface area (Å²) in [6, 6.07) is 2.32. The van der Waals surface area contributed by atoms with Crippen molar-refractivity contribution < 1.29 is 14.4 Å². The van der Waals surface area contributed by atoms with Crippen molar-refractivity contribution in [2.24, 2.45) is 0 Å². The quantitative estimate of drug-likeness (QED) is 0.852. The summed E-state index contributed by atoms with van der Waals surface area (Å²) >= 11 is 17.6. The van der Waals surface area contributed by atoms with Gasteiger partial charge in [0.25, 0.3) is 5.91 Å². The minimum atomic E-state index is -0.585.